The SMILES string of the molecule is Cc1cc(C(=O)O)c2ccsc2c1C. The van der Waals surface area contributed by atoms with Gasteiger partial charge in [0.25, 0.3) is 0 Å². The number of carbonyl (C=O) groups is 1. The minimum atomic E-state index is -0.850. The van der Waals surface area contributed by atoms with Crippen molar-refractivity contribution >= 4 is 27.4 Å². The zero-order valence-electron chi connectivity index (χ0n) is 8.00. The molecule has 1 aromatic heterocycles. The molecule has 0 bridgehead atoms. The molecular weight excluding hydrogens is 196 g/mol. The van der Waals surface area contributed by atoms with E-state index in [1.54, 1.807) is 17.4 Å². The number of hydrogen-bond donors (Lipinski definition) is 1. The lowest BCUT2D eigenvalue weighted by molar-refractivity contribution is 0.0699. The first-order valence-electron chi connectivity index (χ1n) is 4.32. The highest BCUT2D eigenvalue weighted by Gasteiger charge is 2.12. The molecule has 0 aliphatic carbocycles. The van der Waals surface area contributed by atoms with E-state index in [4.69, 9.17) is 5.11 Å². The zero-order chi connectivity index (χ0) is 10.3. The Morgan fingerprint density at radius 1 is 1.43 bits per heavy atom. The van der Waals surface area contributed by atoms with Crippen molar-refractivity contribution in [3.8, 4) is 0 Å². The Morgan fingerprint density at radius 2 is 2.14 bits per heavy atom. The van der Waals surface area contributed by atoms with Crippen LogP contribution in [0.2, 0.25) is 0 Å². The molecule has 0 atom stereocenters. The normalized spacial score (nSPS) is 10.7. The van der Waals surface area contributed by atoms with Gasteiger partial charge in [-0.05, 0) is 42.5 Å². The van der Waals surface area contributed by atoms with Gasteiger partial charge in [0.15, 0.2) is 0 Å². The van der Waals surface area contributed by atoms with E-state index in [0.717, 1.165) is 15.6 Å². The molecule has 1 aromatic carbocycles. The van der Waals surface area contributed by atoms with Crippen LogP contribution in [0.3, 0.4) is 0 Å². The molecule has 0 aliphatic heterocycles. The van der Waals surface area contributed by atoms with E-state index in [1.807, 2.05) is 25.3 Å². The van der Waals surface area contributed by atoms with Crippen molar-refractivity contribution in [1.82, 2.24) is 0 Å². The molecule has 0 saturated carbocycles. The van der Waals surface area contributed by atoms with E-state index >= 15 is 0 Å². The molecule has 2 nitrogen and oxygen atoms in total. The molecule has 72 valence electrons. The van der Waals surface area contributed by atoms with Crippen LogP contribution in [0.4, 0.5) is 0 Å². The molecular formula is C11H10O2S. The van der Waals surface area contributed by atoms with Crippen molar-refractivity contribution in [2.75, 3.05) is 0 Å². The number of rotatable bonds is 1. The van der Waals surface area contributed by atoms with Gasteiger partial charge in [0.05, 0.1) is 5.56 Å². The van der Waals surface area contributed by atoms with Gasteiger partial charge >= 0.3 is 5.97 Å². The first-order chi connectivity index (χ1) is 6.61. The van der Waals surface area contributed by atoms with Crippen LogP contribution < -0.4 is 0 Å². The Hall–Kier alpha value is -1.35. The Balaban J connectivity index is 2.91. The maximum atomic E-state index is 11.0. The molecule has 1 heterocycles. The summed E-state index contributed by atoms with van der Waals surface area (Å²) in [5.41, 5.74) is 2.63. The molecule has 0 amide bonds. The number of aryl methyl sites for hydroxylation is 2. The van der Waals surface area contributed by atoms with Crippen LogP contribution >= 0.6 is 11.3 Å². The number of fused-ring (bicyclic) bond motifs is 1. The largest absolute Gasteiger partial charge is 0.478 e. The van der Waals surface area contributed by atoms with Gasteiger partial charge in [-0.25, -0.2) is 4.79 Å². The number of aromatic carboxylic acids is 1. The highest BCUT2D eigenvalue weighted by Crippen LogP contribution is 2.30. The van der Waals surface area contributed by atoms with Crippen LogP contribution in [0.1, 0.15) is 21.5 Å². The Morgan fingerprint density at radius 3 is 2.79 bits per heavy atom. The average Bonchev–Trinajstić information content (AvgIpc) is 2.59. The minimum Gasteiger partial charge on any atom is -0.478 e. The van der Waals surface area contributed by atoms with Gasteiger partial charge in [0, 0.05) is 10.1 Å². The lowest BCUT2D eigenvalue weighted by Gasteiger charge is -2.04. The molecule has 0 spiro atoms. The van der Waals surface area contributed by atoms with Gasteiger partial charge in [-0.1, -0.05) is 0 Å². The van der Waals surface area contributed by atoms with Gasteiger partial charge in [0.1, 0.15) is 0 Å². The predicted octanol–water partition coefficient (Wildman–Crippen LogP) is 3.22. The van der Waals surface area contributed by atoms with E-state index in [1.165, 1.54) is 5.56 Å². The van der Waals surface area contributed by atoms with Crippen molar-refractivity contribution in [3.63, 3.8) is 0 Å². The van der Waals surface area contributed by atoms with Crippen LogP contribution in [0.25, 0.3) is 10.1 Å². The summed E-state index contributed by atoms with van der Waals surface area (Å²) in [6.07, 6.45) is 0. The molecule has 0 unspecified atom stereocenters. The molecule has 0 saturated heterocycles. The van der Waals surface area contributed by atoms with E-state index < -0.39 is 5.97 Å². The van der Waals surface area contributed by atoms with Gasteiger partial charge in [-0.3, -0.25) is 0 Å². The van der Waals surface area contributed by atoms with Crippen LogP contribution in [-0.4, -0.2) is 11.1 Å². The summed E-state index contributed by atoms with van der Waals surface area (Å²) in [5.74, 6) is -0.850. The maximum absolute atomic E-state index is 11.0. The van der Waals surface area contributed by atoms with E-state index in [2.05, 4.69) is 0 Å². The average molecular weight is 206 g/mol. The lowest BCUT2D eigenvalue weighted by atomic mass is 10.0. The number of benzene rings is 1. The van der Waals surface area contributed by atoms with E-state index in [-0.39, 0.29) is 0 Å². The standard InChI is InChI=1S/C11H10O2S/c1-6-5-9(11(12)13)8-3-4-14-10(8)7(6)2/h3-5H,1-2H3,(H,12,13). The fourth-order valence-electron chi connectivity index (χ4n) is 1.57. The smallest absolute Gasteiger partial charge is 0.336 e. The fourth-order valence-corrected chi connectivity index (χ4v) is 2.55. The van der Waals surface area contributed by atoms with Gasteiger partial charge < -0.3 is 5.11 Å². The highest BCUT2D eigenvalue weighted by molar-refractivity contribution is 7.17. The summed E-state index contributed by atoms with van der Waals surface area (Å²) in [6, 6.07) is 3.61. The maximum Gasteiger partial charge on any atom is 0.336 e. The second kappa shape index (κ2) is 3.10. The number of hydrogen-bond acceptors (Lipinski definition) is 2. The second-order valence-electron chi connectivity index (χ2n) is 3.33. The molecule has 0 aliphatic rings. The Kier molecular flexibility index (Phi) is 2.04. The third kappa shape index (κ3) is 1.21. The van der Waals surface area contributed by atoms with Crippen LogP contribution in [-0.2, 0) is 0 Å². The number of thiophene rings is 1. The summed E-state index contributed by atoms with van der Waals surface area (Å²) in [5, 5.41) is 11.8. The fraction of sp³-hybridized carbons (Fsp3) is 0.182. The second-order valence-corrected chi connectivity index (χ2v) is 4.25. The Labute approximate surface area is 85.8 Å². The van der Waals surface area contributed by atoms with Crippen molar-refractivity contribution in [3.05, 3.63) is 34.2 Å². The van der Waals surface area contributed by atoms with Crippen LogP contribution in [0.15, 0.2) is 17.5 Å². The highest BCUT2D eigenvalue weighted by atomic mass is 32.1. The Bertz CT molecular complexity index is 511. The first kappa shape index (κ1) is 9.21. The topological polar surface area (TPSA) is 37.3 Å². The van der Waals surface area contributed by atoms with Crippen molar-refractivity contribution in [2.45, 2.75) is 13.8 Å². The van der Waals surface area contributed by atoms with Crippen LogP contribution in [0.5, 0.6) is 0 Å². The molecule has 14 heavy (non-hydrogen) atoms. The van der Waals surface area contributed by atoms with Gasteiger partial charge in [-0.2, -0.15) is 0 Å². The predicted molar refractivity (Wildman–Crippen MR) is 58.3 cm³/mol. The molecule has 3 heteroatoms. The molecule has 1 N–H and O–H groups in total. The van der Waals surface area contributed by atoms with Gasteiger partial charge in [-0.15, -0.1) is 11.3 Å². The lowest BCUT2D eigenvalue weighted by Crippen LogP contribution is -1.98. The molecule has 2 aromatic rings. The summed E-state index contributed by atoms with van der Waals surface area (Å²) in [4.78, 5) is 11.0. The first-order valence-corrected chi connectivity index (χ1v) is 5.20. The zero-order valence-corrected chi connectivity index (χ0v) is 8.81. The number of carboxylic acid groups (broad SMARTS) is 1. The molecule has 0 radical (unpaired) electrons. The summed E-state index contributed by atoms with van der Waals surface area (Å²) < 4.78 is 1.09. The van der Waals surface area contributed by atoms with Crippen LogP contribution in [0, 0.1) is 13.8 Å². The van der Waals surface area contributed by atoms with Crippen molar-refractivity contribution in [2.24, 2.45) is 0 Å². The quantitative estimate of drug-likeness (QED) is 0.777. The van der Waals surface area contributed by atoms with Crippen molar-refractivity contribution in [1.29, 1.82) is 0 Å². The summed E-state index contributed by atoms with van der Waals surface area (Å²) >= 11 is 1.60. The monoisotopic (exact) mass is 206 g/mol. The third-order valence-electron chi connectivity index (χ3n) is 2.48. The third-order valence-corrected chi connectivity index (χ3v) is 3.51. The van der Waals surface area contributed by atoms with E-state index in [0.29, 0.717) is 5.56 Å². The minimum absolute atomic E-state index is 0.407. The molecule has 2 rings (SSSR count). The summed E-state index contributed by atoms with van der Waals surface area (Å²) in [6.45, 7) is 3.97. The summed E-state index contributed by atoms with van der Waals surface area (Å²) in [7, 11) is 0. The molecule has 0 fully saturated rings. The van der Waals surface area contributed by atoms with Gasteiger partial charge in [0.2, 0.25) is 0 Å². The number of carboxylic acids is 1. The van der Waals surface area contributed by atoms with Crippen molar-refractivity contribution < 1.29 is 9.90 Å². The van der Waals surface area contributed by atoms with E-state index in [9.17, 15) is 4.79 Å².